The largest absolute Gasteiger partial charge is 0.0871 e. The topological polar surface area (TPSA) is 0 Å². The monoisotopic (exact) mass is 288 g/mol. The van der Waals surface area contributed by atoms with E-state index in [0.29, 0.717) is 0 Å². The molecule has 2 aromatic rings. The van der Waals surface area contributed by atoms with Crippen molar-refractivity contribution in [3.05, 3.63) is 76.9 Å². The van der Waals surface area contributed by atoms with E-state index >= 15 is 0 Å². The van der Waals surface area contributed by atoms with Crippen LogP contribution in [-0.2, 0) is 5.41 Å². The molecule has 0 heterocycles. The Morgan fingerprint density at radius 3 is 2.18 bits per heavy atom. The van der Waals surface area contributed by atoms with Crippen molar-refractivity contribution in [1.29, 1.82) is 0 Å². The van der Waals surface area contributed by atoms with E-state index in [1.54, 1.807) is 0 Å². The van der Waals surface area contributed by atoms with Gasteiger partial charge in [0.1, 0.15) is 0 Å². The molecule has 1 aliphatic carbocycles. The Morgan fingerprint density at radius 1 is 0.909 bits per heavy atom. The second-order valence-electron chi connectivity index (χ2n) is 6.68. The molecule has 22 heavy (non-hydrogen) atoms. The van der Waals surface area contributed by atoms with Crippen molar-refractivity contribution < 1.29 is 0 Å². The maximum Gasteiger partial charge on any atom is 0.0159 e. The first-order valence-electron chi connectivity index (χ1n) is 8.04. The smallest absolute Gasteiger partial charge is 0.0159 e. The predicted octanol–water partition coefficient (Wildman–Crippen LogP) is 6.28. The van der Waals surface area contributed by atoms with E-state index in [1.165, 1.54) is 39.0 Å². The number of rotatable bonds is 2. The van der Waals surface area contributed by atoms with E-state index in [9.17, 15) is 0 Å². The van der Waals surface area contributed by atoms with Crippen LogP contribution in [-0.4, -0.2) is 0 Å². The number of hydrogen-bond donors (Lipinski definition) is 0. The number of allylic oxidation sites excluding steroid dienone is 4. The molecule has 112 valence electrons. The Balaban J connectivity index is 2.21. The molecular formula is C22H24. The minimum atomic E-state index is 0.0709. The first-order valence-corrected chi connectivity index (χ1v) is 8.04. The first-order chi connectivity index (χ1) is 10.5. The molecule has 0 fully saturated rings. The lowest BCUT2D eigenvalue weighted by Gasteiger charge is -2.22. The van der Waals surface area contributed by atoms with Gasteiger partial charge in [-0.1, -0.05) is 68.0 Å². The van der Waals surface area contributed by atoms with Gasteiger partial charge in [-0.25, -0.2) is 0 Å². The van der Waals surface area contributed by atoms with Gasteiger partial charge in [0.05, 0.1) is 0 Å². The summed E-state index contributed by atoms with van der Waals surface area (Å²) in [6.07, 6.45) is 6.47. The highest BCUT2D eigenvalue weighted by Gasteiger charge is 2.35. The Labute approximate surface area is 134 Å². The molecule has 0 bridgehead atoms. The lowest BCUT2D eigenvalue weighted by molar-refractivity contribution is 0.659. The number of benzene rings is 2. The minimum Gasteiger partial charge on any atom is -0.0871 e. The molecule has 0 unspecified atom stereocenters. The van der Waals surface area contributed by atoms with Crippen LogP contribution in [0.5, 0.6) is 0 Å². The minimum absolute atomic E-state index is 0.0709. The lowest BCUT2D eigenvalue weighted by atomic mass is 9.81. The van der Waals surface area contributed by atoms with Gasteiger partial charge in [0, 0.05) is 5.41 Å². The Hall–Kier alpha value is -2.08. The molecular weight excluding hydrogens is 264 g/mol. The van der Waals surface area contributed by atoms with Crippen LogP contribution < -0.4 is 0 Å². The van der Waals surface area contributed by atoms with Crippen LogP contribution in [0.1, 0.15) is 49.9 Å². The van der Waals surface area contributed by atoms with Crippen molar-refractivity contribution in [2.24, 2.45) is 0 Å². The summed E-state index contributed by atoms with van der Waals surface area (Å²) in [6.45, 7) is 11.0. The average molecular weight is 288 g/mol. The van der Waals surface area contributed by atoms with Gasteiger partial charge in [0.25, 0.3) is 0 Å². The third-order valence-corrected chi connectivity index (χ3v) is 4.82. The summed E-state index contributed by atoms with van der Waals surface area (Å²) in [5, 5.41) is 0. The summed E-state index contributed by atoms with van der Waals surface area (Å²) in [4.78, 5) is 0. The molecule has 0 atom stereocenters. The highest BCUT2D eigenvalue weighted by molar-refractivity contribution is 5.84. The molecule has 2 aromatic carbocycles. The molecule has 0 saturated carbocycles. The number of fused-ring (bicyclic) bond motifs is 3. The van der Waals surface area contributed by atoms with Gasteiger partial charge >= 0.3 is 0 Å². The van der Waals surface area contributed by atoms with Crippen molar-refractivity contribution in [2.45, 2.75) is 40.0 Å². The maximum absolute atomic E-state index is 2.38. The van der Waals surface area contributed by atoms with E-state index in [0.717, 1.165) is 0 Å². The molecule has 0 saturated heterocycles. The summed E-state index contributed by atoms with van der Waals surface area (Å²) in [7, 11) is 0. The molecule has 0 amide bonds. The van der Waals surface area contributed by atoms with Gasteiger partial charge in [-0.15, -0.1) is 0 Å². The van der Waals surface area contributed by atoms with Gasteiger partial charge in [-0.05, 0) is 60.2 Å². The van der Waals surface area contributed by atoms with Crippen LogP contribution in [0.25, 0.3) is 16.7 Å². The Kier molecular flexibility index (Phi) is 3.56. The normalized spacial score (nSPS) is 16.0. The van der Waals surface area contributed by atoms with Crippen LogP contribution in [0.2, 0.25) is 0 Å². The lowest BCUT2D eigenvalue weighted by Crippen LogP contribution is -2.15. The molecule has 0 spiro atoms. The summed E-state index contributed by atoms with van der Waals surface area (Å²) in [5.41, 5.74) is 9.67. The molecule has 0 aromatic heterocycles. The van der Waals surface area contributed by atoms with Gasteiger partial charge in [0.2, 0.25) is 0 Å². The van der Waals surface area contributed by atoms with Gasteiger partial charge in [0.15, 0.2) is 0 Å². The zero-order valence-electron chi connectivity index (χ0n) is 14.2. The highest BCUT2D eigenvalue weighted by Crippen LogP contribution is 2.49. The van der Waals surface area contributed by atoms with Crippen LogP contribution in [0.3, 0.4) is 0 Å². The average Bonchev–Trinajstić information content (AvgIpc) is 2.73. The Morgan fingerprint density at radius 2 is 1.55 bits per heavy atom. The van der Waals surface area contributed by atoms with Crippen molar-refractivity contribution in [2.75, 3.05) is 0 Å². The van der Waals surface area contributed by atoms with Crippen LogP contribution >= 0.6 is 0 Å². The van der Waals surface area contributed by atoms with Gasteiger partial charge < -0.3 is 0 Å². The third kappa shape index (κ3) is 2.14. The van der Waals surface area contributed by atoms with Crippen molar-refractivity contribution in [3.63, 3.8) is 0 Å². The molecule has 0 nitrogen and oxygen atoms in total. The molecule has 0 heteroatoms. The van der Waals surface area contributed by atoms with Crippen LogP contribution in [0.4, 0.5) is 0 Å². The van der Waals surface area contributed by atoms with E-state index in [4.69, 9.17) is 0 Å². The number of aryl methyl sites for hydroxylation is 1. The van der Waals surface area contributed by atoms with E-state index in [-0.39, 0.29) is 5.41 Å². The second kappa shape index (κ2) is 5.28. The fourth-order valence-corrected chi connectivity index (χ4v) is 3.57. The Bertz CT molecular complexity index is 786. The van der Waals surface area contributed by atoms with E-state index in [2.05, 4.69) is 89.2 Å². The third-order valence-electron chi connectivity index (χ3n) is 4.82. The van der Waals surface area contributed by atoms with E-state index < -0.39 is 0 Å². The standard InChI is InChI=1S/C22H24/c1-6-8-16(7-2)17-10-12-19-18-11-9-15(3)13-20(18)22(4,5)21(19)14-17/h6-14H,1-5H3. The summed E-state index contributed by atoms with van der Waals surface area (Å²) in [6, 6.07) is 13.8. The van der Waals surface area contributed by atoms with Crippen LogP contribution in [0.15, 0.2) is 54.6 Å². The summed E-state index contributed by atoms with van der Waals surface area (Å²) in [5.74, 6) is 0. The molecule has 0 radical (unpaired) electrons. The summed E-state index contributed by atoms with van der Waals surface area (Å²) >= 11 is 0. The molecule has 3 rings (SSSR count). The first kappa shape index (κ1) is 14.8. The van der Waals surface area contributed by atoms with Crippen LogP contribution in [0, 0.1) is 6.92 Å². The van der Waals surface area contributed by atoms with Crippen molar-refractivity contribution in [3.8, 4) is 11.1 Å². The predicted molar refractivity (Wildman–Crippen MR) is 97.2 cm³/mol. The quantitative estimate of drug-likeness (QED) is 0.570. The second-order valence-corrected chi connectivity index (χ2v) is 6.68. The zero-order chi connectivity index (χ0) is 15.9. The maximum atomic E-state index is 2.38. The number of hydrogen-bond acceptors (Lipinski definition) is 0. The fourth-order valence-electron chi connectivity index (χ4n) is 3.57. The molecule has 0 aliphatic heterocycles. The summed E-state index contributed by atoms with van der Waals surface area (Å²) < 4.78 is 0. The van der Waals surface area contributed by atoms with E-state index in [1.807, 2.05) is 0 Å². The van der Waals surface area contributed by atoms with Crippen molar-refractivity contribution >= 4 is 5.57 Å². The van der Waals surface area contributed by atoms with Gasteiger partial charge in [-0.3, -0.25) is 0 Å². The highest BCUT2D eigenvalue weighted by atomic mass is 14.4. The molecule has 0 N–H and O–H groups in total. The van der Waals surface area contributed by atoms with Crippen molar-refractivity contribution in [1.82, 2.24) is 0 Å². The van der Waals surface area contributed by atoms with Gasteiger partial charge in [-0.2, -0.15) is 0 Å². The molecule has 1 aliphatic rings. The SMILES string of the molecule is CC=CC(=CC)c1ccc2c(c1)C(C)(C)c1cc(C)ccc1-2. The fraction of sp³-hybridized carbons (Fsp3) is 0.273. The zero-order valence-corrected chi connectivity index (χ0v) is 14.2.